The van der Waals surface area contributed by atoms with Crippen LogP contribution < -0.4 is 29.7 Å². The Balaban J connectivity index is 1.36. The largest absolute Gasteiger partial charge is 0.497 e. The van der Waals surface area contributed by atoms with Crippen molar-refractivity contribution in [2.24, 2.45) is 4.99 Å². The molecule has 1 N–H and O–H groups in total. The van der Waals surface area contributed by atoms with Crippen LogP contribution in [0.3, 0.4) is 0 Å². The van der Waals surface area contributed by atoms with Crippen LogP contribution >= 0.6 is 11.3 Å². The van der Waals surface area contributed by atoms with Gasteiger partial charge in [-0.3, -0.25) is 14.2 Å². The summed E-state index contributed by atoms with van der Waals surface area (Å²) in [5.41, 5.74) is 6.27. The maximum Gasteiger partial charge on any atom is 0.271 e. The second-order valence-electron chi connectivity index (χ2n) is 11.0. The van der Waals surface area contributed by atoms with E-state index >= 15 is 0 Å². The van der Waals surface area contributed by atoms with Gasteiger partial charge in [0.25, 0.3) is 11.5 Å². The summed E-state index contributed by atoms with van der Waals surface area (Å²) in [7, 11) is 1.60. The molecular weight excluding hydrogens is 582 g/mol. The fourth-order valence-electron chi connectivity index (χ4n) is 5.41. The molecule has 226 valence electrons. The Morgan fingerprint density at radius 2 is 1.64 bits per heavy atom. The molecule has 5 aromatic rings. The van der Waals surface area contributed by atoms with Gasteiger partial charge in [-0.1, -0.05) is 83.6 Å². The molecule has 1 amide bonds. The number of benzene rings is 4. The van der Waals surface area contributed by atoms with Gasteiger partial charge in [0.2, 0.25) is 0 Å². The van der Waals surface area contributed by atoms with Gasteiger partial charge in [0.15, 0.2) is 4.80 Å². The molecule has 45 heavy (non-hydrogen) atoms. The minimum absolute atomic E-state index is 0.215. The average molecular weight is 616 g/mol. The summed E-state index contributed by atoms with van der Waals surface area (Å²) >= 11 is 1.31. The number of ether oxygens (including phenoxy) is 2. The van der Waals surface area contributed by atoms with Crippen LogP contribution in [0.25, 0.3) is 6.08 Å². The first-order valence-corrected chi connectivity index (χ1v) is 15.4. The van der Waals surface area contributed by atoms with E-state index in [2.05, 4.69) is 5.32 Å². The van der Waals surface area contributed by atoms with Crippen LogP contribution in [0.1, 0.15) is 40.8 Å². The van der Waals surface area contributed by atoms with E-state index in [0.717, 1.165) is 33.6 Å². The molecule has 4 aromatic carbocycles. The summed E-state index contributed by atoms with van der Waals surface area (Å²) in [5.74, 6) is 1.13. The maximum absolute atomic E-state index is 14.1. The van der Waals surface area contributed by atoms with Crippen molar-refractivity contribution in [3.63, 3.8) is 0 Å². The second-order valence-corrected chi connectivity index (χ2v) is 12.0. The number of fused-ring (bicyclic) bond motifs is 1. The van der Waals surface area contributed by atoms with Crippen LogP contribution in [0.2, 0.25) is 0 Å². The van der Waals surface area contributed by atoms with Crippen molar-refractivity contribution < 1.29 is 14.3 Å². The molecule has 2 heterocycles. The predicted octanol–water partition coefficient (Wildman–Crippen LogP) is 6.08. The van der Waals surface area contributed by atoms with Crippen molar-refractivity contribution in [3.8, 4) is 11.5 Å². The highest BCUT2D eigenvalue weighted by Crippen LogP contribution is 2.32. The number of carbonyl (C=O) groups excluding carboxylic acids is 1. The van der Waals surface area contributed by atoms with E-state index in [9.17, 15) is 9.59 Å². The molecule has 0 aliphatic carbocycles. The molecule has 0 fully saturated rings. The van der Waals surface area contributed by atoms with Crippen molar-refractivity contribution in [2.45, 2.75) is 33.4 Å². The molecular formula is C37H33N3O4S. The number of rotatable bonds is 8. The number of nitrogens with zero attached hydrogens (tertiary/aromatic N) is 2. The zero-order chi connectivity index (χ0) is 31.5. The van der Waals surface area contributed by atoms with E-state index in [0.29, 0.717) is 38.6 Å². The summed E-state index contributed by atoms with van der Waals surface area (Å²) in [6, 6.07) is 30.3. The zero-order valence-corrected chi connectivity index (χ0v) is 26.4. The summed E-state index contributed by atoms with van der Waals surface area (Å²) in [6.45, 7) is 6.27. The molecule has 0 bridgehead atoms. The summed E-state index contributed by atoms with van der Waals surface area (Å²) in [6.07, 6.45) is 1.85. The Bertz CT molecular complexity index is 2080. The SMILES string of the molecule is COc1ccc([C@H]2C(C(=O)Nc3ccc(C)cc3C)=C(C)N=c3s/c(=C/c4ccc(OCc5ccccc5)cc4)c(=O)n32)cc1. The Morgan fingerprint density at radius 1 is 0.933 bits per heavy atom. The Hall–Kier alpha value is -5.21. The molecule has 1 aromatic heterocycles. The molecule has 0 radical (unpaired) electrons. The smallest absolute Gasteiger partial charge is 0.271 e. The zero-order valence-electron chi connectivity index (χ0n) is 25.5. The number of aromatic nitrogens is 1. The molecule has 0 saturated carbocycles. The fraction of sp³-hybridized carbons (Fsp3) is 0.162. The lowest BCUT2D eigenvalue weighted by molar-refractivity contribution is -0.113. The molecule has 1 atom stereocenters. The molecule has 8 heteroatoms. The van der Waals surface area contributed by atoms with Gasteiger partial charge < -0.3 is 14.8 Å². The van der Waals surface area contributed by atoms with Crippen LogP contribution in [0.15, 0.2) is 118 Å². The van der Waals surface area contributed by atoms with Gasteiger partial charge in [-0.2, -0.15) is 0 Å². The lowest BCUT2D eigenvalue weighted by atomic mass is 9.95. The second kappa shape index (κ2) is 12.8. The van der Waals surface area contributed by atoms with Crippen LogP contribution in [0, 0.1) is 13.8 Å². The summed E-state index contributed by atoms with van der Waals surface area (Å²) in [4.78, 5) is 33.3. The lowest BCUT2D eigenvalue weighted by Gasteiger charge is -2.25. The number of methoxy groups -OCH3 is 1. The first kappa shape index (κ1) is 29.8. The van der Waals surface area contributed by atoms with Gasteiger partial charge in [-0.15, -0.1) is 0 Å². The van der Waals surface area contributed by atoms with Crippen molar-refractivity contribution in [1.29, 1.82) is 0 Å². The van der Waals surface area contributed by atoms with Crippen molar-refractivity contribution in [2.75, 3.05) is 12.4 Å². The summed E-state index contributed by atoms with van der Waals surface area (Å²) < 4.78 is 13.4. The lowest BCUT2D eigenvalue weighted by Crippen LogP contribution is -2.40. The third kappa shape index (κ3) is 6.37. The third-order valence-corrected chi connectivity index (χ3v) is 8.74. The van der Waals surface area contributed by atoms with Crippen molar-refractivity contribution >= 4 is 29.0 Å². The standard InChI is InChI=1S/C37H33N3O4S/c1-23-10-19-31(24(2)20-23)39-35(41)33-25(3)38-37-40(34(33)28-13-17-29(43-4)18-14-28)36(42)32(45-37)21-26-11-15-30(16-12-26)44-22-27-8-6-5-7-9-27/h5-21,34H,22H2,1-4H3,(H,39,41)/b32-21+/t34-/m0/s1. The van der Waals surface area contributed by atoms with Crippen molar-refractivity contribution in [3.05, 3.63) is 156 Å². The monoisotopic (exact) mass is 615 g/mol. The van der Waals surface area contributed by atoms with Crippen LogP contribution in [-0.2, 0) is 11.4 Å². The fourth-order valence-corrected chi connectivity index (χ4v) is 6.46. The Kier molecular flexibility index (Phi) is 8.49. The number of hydrogen-bond acceptors (Lipinski definition) is 6. The van der Waals surface area contributed by atoms with Gasteiger partial charge in [-0.25, -0.2) is 4.99 Å². The van der Waals surface area contributed by atoms with Crippen LogP contribution in [0.5, 0.6) is 11.5 Å². The third-order valence-electron chi connectivity index (χ3n) is 7.75. The van der Waals surface area contributed by atoms with E-state index in [-0.39, 0.29) is 11.5 Å². The number of amides is 1. The number of hydrogen-bond donors (Lipinski definition) is 1. The van der Waals surface area contributed by atoms with Gasteiger partial charge in [0, 0.05) is 5.69 Å². The van der Waals surface area contributed by atoms with E-state index in [1.165, 1.54) is 11.3 Å². The molecule has 1 aliphatic heterocycles. The number of nitrogens with one attached hydrogen (secondary N) is 1. The molecule has 6 rings (SSSR count). The number of thiazole rings is 1. The number of allylic oxidation sites excluding steroid dienone is 1. The molecule has 0 spiro atoms. The normalized spacial score (nSPS) is 14.5. The predicted molar refractivity (Wildman–Crippen MR) is 179 cm³/mol. The highest BCUT2D eigenvalue weighted by molar-refractivity contribution is 7.07. The molecule has 0 saturated heterocycles. The quantitative estimate of drug-likeness (QED) is 0.230. The van der Waals surface area contributed by atoms with Gasteiger partial charge >= 0.3 is 0 Å². The molecule has 1 aliphatic rings. The van der Waals surface area contributed by atoms with Gasteiger partial charge in [0.05, 0.1) is 29.0 Å². The van der Waals surface area contributed by atoms with E-state index in [1.807, 2.05) is 124 Å². The minimum atomic E-state index is -0.672. The van der Waals surface area contributed by atoms with Crippen molar-refractivity contribution in [1.82, 2.24) is 4.57 Å². The first-order valence-electron chi connectivity index (χ1n) is 14.6. The van der Waals surface area contributed by atoms with Crippen LogP contribution in [-0.4, -0.2) is 17.6 Å². The van der Waals surface area contributed by atoms with E-state index < -0.39 is 6.04 Å². The molecule has 0 unspecified atom stereocenters. The Labute approximate surface area is 265 Å². The Morgan fingerprint density at radius 3 is 2.33 bits per heavy atom. The van der Waals surface area contributed by atoms with E-state index in [1.54, 1.807) is 11.7 Å². The minimum Gasteiger partial charge on any atom is -0.497 e. The number of carbonyl (C=O) groups is 1. The highest BCUT2D eigenvalue weighted by atomic mass is 32.1. The van der Waals surface area contributed by atoms with Gasteiger partial charge in [-0.05, 0) is 79.4 Å². The highest BCUT2D eigenvalue weighted by Gasteiger charge is 2.32. The summed E-state index contributed by atoms with van der Waals surface area (Å²) in [5, 5.41) is 3.07. The number of aryl methyl sites for hydroxylation is 2. The maximum atomic E-state index is 14.1. The first-order chi connectivity index (χ1) is 21.8. The van der Waals surface area contributed by atoms with Crippen LogP contribution in [0.4, 0.5) is 5.69 Å². The average Bonchev–Trinajstić information content (AvgIpc) is 3.35. The molecule has 7 nitrogen and oxygen atoms in total. The number of anilines is 1. The van der Waals surface area contributed by atoms with E-state index in [4.69, 9.17) is 14.5 Å². The topological polar surface area (TPSA) is 81.9 Å². The van der Waals surface area contributed by atoms with Gasteiger partial charge in [0.1, 0.15) is 18.1 Å².